The summed E-state index contributed by atoms with van der Waals surface area (Å²) in [6.45, 7) is 0. The molecule has 0 aliphatic carbocycles. The second-order valence-electron chi connectivity index (χ2n) is 2.62. The van der Waals surface area contributed by atoms with Crippen molar-refractivity contribution < 1.29 is 4.79 Å². The molecule has 0 heterocycles. The van der Waals surface area contributed by atoms with Crippen LogP contribution >= 0.6 is 0 Å². The third-order valence-electron chi connectivity index (χ3n) is 1.54. The van der Waals surface area contributed by atoms with Crippen molar-refractivity contribution in [2.24, 2.45) is 5.73 Å². The smallest absolute Gasteiger partial charge is 0.241 e. The number of hydrogen-bond donors (Lipinski definition) is 3. The first-order valence-corrected chi connectivity index (χ1v) is 3.72. The second kappa shape index (κ2) is 3.62. The molecule has 0 saturated heterocycles. The molecule has 1 amide bonds. The summed E-state index contributed by atoms with van der Waals surface area (Å²) in [5.74, 6) is -0.512. The molecule has 1 aromatic rings. The first kappa shape index (κ1) is 9.12. The summed E-state index contributed by atoms with van der Waals surface area (Å²) in [6, 6.07) is 5.04. The number of carbonyl (C=O) groups excluding carboxylic acids is 1. The van der Waals surface area contributed by atoms with Crippen molar-refractivity contribution in [3.8, 4) is 0 Å². The Hall–Kier alpha value is -1.97. The average Bonchev–Trinajstić information content (AvgIpc) is 2.06. The van der Waals surface area contributed by atoms with Crippen molar-refractivity contribution in [3.05, 3.63) is 29.8 Å². The van der Waals surface area contributed by atoms with Gasteiger partial charge in [-0.15, -0.1) is 0 Å². The molecule has 0 aliphatic rings. The van der Waals surface area contributed by atoms with Crippen molar-refractivity contribution in [2.45, 2.75) is 0 Å². The zero-order valence-electron chi connectivity index (χ0n) is 7.03. The standard InChI is InChI=1S/C9H11N3O/c10-7-2-3-8(11)6(5-7)1-4-9(12)13/h1-5H,10-11H2,(H2,12,13)/b4-1+. The number of nitrogen functional groups attached to an aromatic ring is 2. The van der Waals surface area contributed by atoms with Crippen molar-refractivity contribution in [3.63, 3.8) is 0 Å². The maximum absolute atomic E-state index is 10.4. The highest BCUT2D eigenvalue weighted by Gasteiger charge is 1.95. The molecule has 0 saturated carbocycles. The topological polar surface area (TPSA) is 95.1 Å². The second-order valence-corrected chi connectivity index (χ2v) is 2.62. The number of carbonyl (C=O) groups is 1. The van der Waals surface area contributed by atoms with Crippen LogP contribution < -0.4 is 17.2 Å². The Kier molecular flexibility index (Phi) is 2.54. The highest BCUT2D eigenvalue weighted by Crippen LogP contribution is 2.16. The SMILES string of the molecule is NC(=O)/C=C/c1cc(N)ccc1N. The van der Waals surface area contributed by atoms with Gasteiger partial charge in [0.1, 0.15) is 0 Å². The molecule has 0 spiro atoms. The van der Waals surface area contributed by atoms with Gasteiger partial charge >= 0.3 is 0 Å². The Morgan fingerprint density at radius 1 is 1.31 bits per heavy atom. The van der Waals surface area contributed by atoms with Gasteiger partial charge in [0.25, 0.3) is 0 Å². The highest BCUT2D eigenvalue weighted by atomic mass is 16.1. The molecule has 0 unspecified atom stereocenters. The Bertz CT molecular complexity index is 358. The van der Waals surface area contributed by atoms with Crippen molar-refractivity contribution in [1.29, 1.82) is 0 Å². The van der Waals surface area contributed by atoms with Crippen LogP contribution in [0.15, 0.2) is 24.3 Å². The van der Waals surface area contributed by atoms with E-state index in [1.54, 1.807) is 18.2 Å². The van der Waals surface area contributed by atoms with Gasteiger partial charge < -0.3 is 17.2 Å². The minimum absolute atomic E-state index is 0.512. The van der Waals surface area contributed by atoms with Crippen LogP contribution in [-0.4, -0.2) is 5.91 Å². The van der Waals surface area contributed by atoms with E-state index >= 15 is 0 Å². The molecule has 1 aromatic carbocycles. The molecular formula is C9H11N3O. The van der Waals surface area contributed by atoms with Gasteiger partial charge in [0.05, 0.1) is 0 Å². The lowest BCUT2D eigenvalue weighted by Gasteiger charge is -2.00. The van der Waals surface area contributed by atoms with E-state index in [1.165, 1.54) is 12.2 Å². The van der Waals surface area contributed by atoms with Crippen molar-refractivity contribution in [1.82, 2.24) is 0 Å². The van der Waals surface area contributed by atoms with Crippen molar-refractivity contribution >= 4 is 23.4 Å². The predicted octanol–water partition coefficient (Wildman–Crippen LogP) is 0.349. The molecule has 68 valence electrons. The van der Waals surface area contributed by atoms with E-state index in [0.29, 0.717) is 16.9 Å². The average molecular weight is 177 g/mol. The number of nitrogens with two attached hydrogens (primary N) is 3. The van der Waals surface area contributed by atoms with E-state index in [-0.39, 0.29) is 0 Å². The summed E-state index contributed by atoms with van der Waals surface area (Å²) in [4.78, 5) is 10.4. The summed E-state index contributed by atoms with van der Waals surface area (Å²) in [7, 11) is 0. The molecule has 0 radical (unpaired) electrons. The zero-order chi connectivity index (χ0) is 9.84. The number of hydrogen-bond acceptors (Lipinski definition) is 3. The number of primary amides is 1. The third-order valence-corrected chi connectivity index (χ3v) is 1.54. The van der Waals surface area contributed by atoms with Crippen LogP contribution in [0.4, 0.5) is 11.4 Å². The number of amides is 1. The van der Waals surface area contributed by atoms with Gasteiger partial charge in [-0.1, -0.05) is 0 Å². The van der Waals surface area contributed by atoms with Crippen LogP contribution in [-0.2, 0) is 4.79 Å². The normalized spacial score (nSPS) is 10.5. The molecular weight excluding hydrogens is 166 g/mol. The monoisotopic (exact) mass is 177 g/mol. The Balaban J connectivity index is 3.00. The molecule has 4 heteroatoms. The Morgan fingerprint density at radius 3 is 2.62 bits per heavy atom. The molecule has 0 fully saturated rings. The van der Waals surface area contributed by atoms with E-state index < -0.39 is 5.91 Å². The lowest BCUT2D eigenvalue weighted by Crippen LogP contribution is -2.05. The van der Waals surface area contributed by atoms with Gasteiger partial charge in [-0.3, -0.25) is 4.79 Å². The molecule has 0 aliphatic heterocycles. The van der Waals surface area contributed by atoms with E-state index in [2.05, 4.69) is 0 Å². The maximum Gasteiger partial charge on any atom is 0.241 e. The highest BCUT2D eigenvalue weighted by molar-refractivity contribution is 5.91. The molecule has 13 heavy (non-hydrogen) atoms. The van der Waals surface area contributed by atoms with Crippen LogP contribution in [0.1, 0.15) is 5.56 Å². The predicted molar refractivity (Wildman–Crippen MR) is 53.5 cm³/mol. The first-order chi connectivity index (χ1) is 6.09. The summed E-state index contributed by atoms with van der Waals surface area (Å²) < 4.78 is 0. The zero-order valence-corrected chi connectivity index (χ0v) is 7.03. The van der Waals surface area contributed by atoms with Crippen molar-refractivity contribution in [2.75, 3.05) is 11.5 Å². The molecule has 1 rings (SSSR count). The lowest BCUT2D eigenvalue weighted by molar-refractivity contribution is -0.113. The fourth-order valence-electron chi connectivity index (χ4n) is 0.909. The first-order valence-electron chi connectivity index (χ1n) is 3.72. The summed E-state index contributed by atoms with van der Waals surface area (Å²) in [5.41, 5.74) is 17.9. The van der Waals surface area contributed by atoms with E-state index in [1.807, 2.05) is 0 Å². The van der Waals surface area contributed by atoms with E-state index in [0.717, 1.165) is 0 Å². The quantitative estimate of drug-likeness (QED) is 0.449. The van der Waals surface area contributed by atoms with Gasteiger partial charge in [-0.25, -0.2) is 0 Å². The van der Waals surface area contributed by atoms with Crippen LogP contribution in [0.25, 0.3) is 6.08 Å². The minimum atomic E-state index is -0.512. The minimum Gasteiger partial charge on any atom is -0.399 e. The van der Waals surface area contributed by atoms with Gasteiger partial charge in [-0.05, 0) is 29.8 Å². The van der Waals surface area contributed by atoms with Crippen LogP contribution in [0.5, 0.6) is 0 Å². The van der Waals surface area contributed by atoms with Gasteiger partial charge in [0.15, 0.2) is 0 Å². The van der Waals surface area contributed by atoms with Gasteiger partial charge in [0, 0.05) is 17.5 Å². The fraction of sp³-hybridized carbons (Fsp3) is 0. The number of rotatable bonds is 2. The van der Waals surface area contributed by atoms with Gasteiger partial charge in [0.2, 0.25) is 5.91 Å². The third kappa shape index (κ3) is 2.52. The molecule has 6 N–H and O–H groups in total. The summed E-state index contributed by atoms with van der Waals surface area (Å²) >= 11 is 0. The molecule has 0 atom stereocenters. The number of benzene rings is 1. The van der Waals surface area contributed by atoms with Gasteiger partial charge in [-0.2, -0.15) is 0 Å². The summed E-state index contributed by atoms with van der Waals surface area (Å²) in [5, 5.41) is 0. The largest absolute Gasteiger partial charge is 0.399 e. The van der Waals surface area contributed by atoms with E-state index in [9.17, 15) is 4.79 Å². The molecule has 4 nitrogen and oxygen atoms in total. The molecule has 0 bridgehead atoms. The molecule has 0 aromatic heterocycles. The fourth-order valence-corrected chi connectivity index (χ4v) is 0.909. The van der Waals surface area contributed by atoms with Crippen LogP contribution in [0, 0.1) is 0 Å². The summed E-state index contributed by atoms with van der Waals surface area (Å²) in [6.07, 6.45) is 2.78. The Labute approximate surface area is 76.0 Å². The lowest BCUT2D eigenvalue weighted by atomic mass is 10.1. The van der Waals surface area contributed by atoms with Crippen LogP contribution in [0.2, 0.25) is 0 Å². The number of anilines is 2. The van der Waals surface area contributed by atoms with E-state index in [4.69, 9.17) is 17.2 Å². The maximum atomic E-state index is 10.4. The van der Waals surface area contributed by atoms with Crippen LogP contribution in [0.3, 0.4) is 0 Å². The Morgan fingerprint density at radius 2 is 2.00 bits per heavy atom.